The van der Waals surface area contributed by atoms with Gasteiger partial charge < -0.3 is 19.4 Å². The van der Waals surface area contributed by atoms with Crippen LogP contribution in [0, 0.1) is 5.82 Å². The number of halogens is 1. The highest BCUT2D eigenvalue weighted by atomic mass is 19.1. The second kappa shape index (κ2) is 8.06. The average Bonchev–Trinajstić information content (AvgIpc) is 3.24. The van der Waals surface area contributed by atoms with Gasteiger partial charge in [0.15, 0.2) is 11.5 Å². The van der Waals surface area contributed by atoms with E-state index in [-0.39, 0.29) is 36.7 Å². The Morgan fingerprint density at radius 2 is 1.74 bits per heavy atom. The van der Waals surface area contributed by atoms with Crippen LogP contribution >= 0.6 is 0 Å². The van der Waals surface area contributed by atoms with Crippen molar-refractivity contribution in [1.29, 1.82) is 0 Å². The molecule has 6 nitrogen and oxygen atoms in total. The first-order valence-corrected chi connectivity index (χ1v) is 10.6. The van der Waals surface area contributed by atoms with E-state index in [1.807, 2.05) is 12.1 Å². The van der Waals surface area contributed by atoms with Crippen LogP contribution in [0.15, 0.2) is 47.3 Å². The molecule has 160 valence electrons. The number of rotatable bonds is 4. The maximum Gasteiger partial charge on any atom is 0.254 e. The summed E-state index contributed by atoms with van der Waals surface area (Å²) in [6.45, 7) is 0.352. The van der Waals surface area contributed by atoms with Crippen LogP contribution in [0.1, 0.15) is 48.0 Å². The first-order chi connectivity index (χ1) is 15.1. The molecule has 2 heterocycles. The van der Waals surface area contributed by atoms with Gasteiger partial charge in [-0.15, -0.1) is 0 Å². The highest BCUT2D eigenvalue weighted by molar-refractivity contribution is 5.94. The molecule has 0 bridgehead atoms. The second-order valence-corrected chi connectivity index (χ2v) is 8.15. The molecule has 0 unspecified atom stereocenters. The Kier molecular flexibility index (Phi) is 5.10. The van der Waals surface area contributed by atoms with Crippen LogP contribution in [-0.2, 0) is 6.54 Å². The molecule has 0 atom stereocenters. The number of benzene rings is 2. The monoisotopic (exact) mass is 422 g/mol. The summed E-state index contributed by atoms with van der Waals surface area (Å²) in [6, 6.07) is 11.0. The molecule has 1 aliphatic heterocycles. The number of carbonyl (C=O) groups excluding carboxylic acids is 1. The number of ether oxygens (including phenoxy) is 2. The number of fused-ring (bicyclic) bond motifs is 2. The third-order valence-electron chi connectivity index (χ3n) is 6.12. The Hall–Kier alpha value is -3.35. The number of nitrogens with one attached hydrogen (secondary N) is 1. The lowest BCUT2D eigenvalue weighted by Crippen LogP contribution is -2.42. The van der Waals surface area contributed by atoms with Crippen molar-refractivity contribution in [3.8, 4) is 11.5 Å². The van der Waals surface area contributed by atoms with Crippen LogP contribution < -0.4 is 15.0 Å². The van der Waals surface area contributed by atoms with Gasteiger partial charge in [0.25, 0.3) is 11.5 Å². The molecule has 1 aromatic heterocycles. The van der Waals surface area contributed by atoms with E-state index < -0.39 is 0 Å². The van der Waals surface area contributed by atoms with E-state index in [4.69, 9.17) is 9.47 Å². The highest BCUT2D eigenvalue weighted by Gasteiger charge is 2.27. The summed E-state index contributed by atoms with van der Waals surface area (Å²) in [7, 11) is 0. The largest absolute Gasteiger partial charge is 0.454 e. The summed E-state index contributed by atoms with van der Waals surface area (Å²) >= 11 is 0. The fraction of sp³-hybridized carbons (Fsp3) is 0.333. The quantitative estimate of drug-likeness (QED) is 0.678. The highest BCUT2D eigenvalue weighted by Crippen LogP contribution is 2.35. The number of hydrogen-bond donors (Lipinski definition) is 1. The van der Waals surface area contributed by atoms with Gasteiger partial charge in [0, 0.05) is 28.6 Å². The molecule has 7 heteroatoms. The number of nitrogens with zero attached hydrogens (tertiary/aromatic N) is 1. The van der Waals surface area contributed by atoms with Crippen LogP contribution in [0.5, 0.6) is 11.5 Å². The van der Waals surface area contributed by atoms with Crippen LogP contribution in [0.4, 0.5) is 4.39 Å². The minimum absolute atomic E-state index is 0.0538. The lowest BCUT2D eigenvalue weighted by atomic mass is 9.93. The fourth-order valence-corrected chi connectivity index (χ4v) is 4.46. The van der Waals surface area contributed by atoms with Crippen molar-refractivity contribution in [3.63, 3.8) is 0 Å². The number of hydrogen-bond acceptors (Lipinski definition) is 4. The number of pyridine rings is 1. The molecule has 1 aliphatic carbocycles. The van der Waals surface area contributed by atoms with Crippen LogP contribution in [0.25, 0.3) is 10.9 Å². The number of aromatic amines is 1. The van der Waals surface area contributed by atoms with Gasteiger partial charge in [-0.1, -0.05) is 19.3 Å². The summed E-state index contributed by atoms with van der Waals surface area (Å²) in [5.41, 5.74) is 1.35. The zero-order valence-corrected chi connectivity index (χ0v) is 17.0. The Morgan fingerprint density at radius 1 is 1.03 bits per heavy atom. The molecule has 2 aromatic carbocycles. The van der Waals surface area contributed by atoms with Crippen LogP contribution in [-0.4, -0.2) is 28.6 Å². The number of amides is 1. The molecule has 0 spiro atoms. The maximum absolute atomic E-state index is 13.4. The van der Waals surface area contributed by atoms with Gasteiger partial charge in [0.05, 0.1) is 12.1 Å². The van der Waals surface area contributed by atoms with Crippen LogP contribution in [0.2, 0.25) is 0 Å². The van der Waals surface area contributed by atoms with Crippen molar-refractivity contribution in [2.24, 2.45) is 0 Å². The standard InChI is InChI=1S/C24H23FN2O4/c25-18-8-6-15(7-9-18)24(29)27(19-4-2-1-3-5-19)13-17-10-16-11-21-22(31-14-30-21)12-20(16)26-23(17)28/h6-12,19H,1-5,13-14H2,(H,26,28). The van der Waals surface area contributed by atoms with E-state index in [2.05, 4.69) is 4.98 Å². The van der Waals surface area contributed by atoms with Gasteiger partial charge in [-0.25, -0.2) is 4.39 Å². The molecule has 0 radical (unpaired) electrons. The molecular weight excluding hydrogens is 399 g/mol. The van der Waals surface area contributed by atoms with Crippen molar-refractivity contribution in [2.75, 3.05) is 6.79 Å². The first-order valence-electron chi connectivity index (χ1n) is 10.6. The van der Waals surface area contributed by atoms with Gasteiger partial charge in [-0.3, -0.25) is 9.59 Å². The van der Waals surface area contributed by atoms with Gasteiger partial charge in [-0.05, 0) is 49.2 Å². The summed E-state index contributed by atoms with van der Waals surface area (Å²) in [4.78, 5) is 30.9. The van der Waals surface area contributed by atoms with Gasteiger partial charge in [-0.2, -0.15) is 0 Å². The third-order valence-corrected chi connectivity index (χ3v) is 6.12. The first kappa shape index (κ1) is 19.6. The normalized spacial score (nSPS) is 15.9. The van der Waals surface area contributed by atoms with Crippen molar-refractivity contribution < 1.29 is 18.7 Å². The SMILES string of the molecule is O=C(c1ccc(F)cc1)N(Cc1cc2cc3c(cc2[nH]c1=O)OCO3)C1CCCCC1. The topological polar surface area (TPSA) is 71.6 Å². The zero-order valence-electron chi connectivity index (χ0n) is 17.0. The smallest absolute Gasteiger partial charge is 0.254 e. The molecule has 1 N–H and O–H groups in total. The van der Waals surface area contributed by atoms with E-state index in [0.29, 0.717) is 28.1 Å². The summed E-state index contributed by atoms with van der Waals surface area (Å²) in [5, 5.41) is 0.816. The summed E-state index contributed by atoms with van der Waals surface area (Å²) in [5.74, 6) is 0.672. The molecule has 0 saturated heterocycles. The van der Waals surface area contributed by atoms with Crippen molar-refractivity contribution in [2.45, 2.75) is 44.7 Å². The van der Waals surface area contributed by atoms with Crippen molar-refractivity contribution in [1.82, 2.24) is 9.88 Å². The molecule has 1 fully saturated rings. The molecule has 5 rings (SSSR count). The van der Waals surface area contributed by atoms with E-state index >= 15 is 0 Å². The molecular formula is C24H23FN2O4. The summed E-state index contributed by atoms with van der Waals surface area (Å²) < 4.78 is 24.2. The van der Waals surface area contributed by atoms with Gasteiger partial charge in [0.2, 0.25) is 6.79 Å². The number of aromatic nitrogens is 1. The van der Waals surface area contributed by atoms with E-state index in [1.165, 1.54) is 24.3 Å². The lowest BCUT2D eigenvalue weighted by Gasteiger charge is -2.34. The molecule has 2 aliphatic rings. The minimum Gasteiger partial charge on any atom is -0.454 e. The van der Waals surface area contributed by atoms with Gasteiger partial charge >= 0.3 is 0 Å². The maximum atomic E-state index is 13.4. The summed E-state index contributed by atoms with van der Waals surface area (Å²) in [6.07, 6.45) is 5.05. The lowest BCUT2D eigenvalue weighted by molar-refractivity contribution is 0.0613. The average molecular weight is 422 g/mol. The fourth-order valence-electron chi connectivity index (χ4n) is 4.46. The number of carbonyl (C=O) groups is 1. The van der Waals surface area contributed by atoms with Crippen LogP contribution in [0.3, 0.4) is 0 Å². The molecule has 31 heavy (non-hydrogen) atoms. The minimum atomic E-state index is -0.384. The van der Waals surface area contributed by atoms with Crippen molar-refractivity contribution >= 4 is 16.8 Å². The Labute approximate surface area is 178 Å². The number of H-pyrrole nitrogens is 1. The Morgan fingerprint density at radius 3 is 2.48 bits per heavy atom. The third kappa shape index (κ3) is 3.87. The molecule has 1 saturated carbocycles. The second-order valence-electron chi connectivity index (χ2n) is 8.15. The molecule has 3 aromatic rings. The van der Waals surface area contributed by atoms with E-state index in [9.17, 15) is 14.0 Å². The van der Waals surface area contributed by atoms with E-state index in [1.54, 1.807) is 11.0 Å². The molecule has 1 amide bonds. The predicted molar refractivity (Wildman–Crippen MR) is 114 cm³/mol. The Balaban J connectivity index is 1.50. The Bertz CT molecular complexity index is 1180. The zero-order chi connectivity index (χ0) is 21.4. The van der Waals surface area contributed by atoms with Gasteiger partial charge in [0.1, 0.15) is 5.82 Å². The van der Waals surface area contributed by atoms with E-state index in [0.717, 1.165) is 37.5 Å². The predicted octanol–water partition coefficient (Wildman–Crippen LogP) is 4.37. The van der Waals surface area contributed by atoms with Crippen molar-refractivity contribution in [3.05, 3.63) is 69.8 Å².